The summed E-state index contributed by atoms with van der Waals surface area (Å²) in [5.74, 6) is -3.97. The Kier molecular flexibility index (Phi) is 4.13. The Morgan fingerprint density at radius 3 is 2.39 bits per heavy atom. The number of halogens is 2. The molecule has 0 bridgehead atoms. The van der Waals surface area contributed by atoms with Gasteiger partial charge in [-0.2, -0.15) is 0 Å². The van der Waals surface area contributed by atoms with Crippen LogP contribution in [-0.4, -0.2) is 34.9 Å². The molecule has 0 spiro atoms. The first-order valence-electron chi connectivity index (χ1n) is 4.79. The summed E-state index contributed by atoms with van der Waals surface area (Å²) < 4.78 is 18.8. The second-order valence-electron chi connectivity index (χ2n) is 3.54. The Morgan fingerprint density at radius 1 is 1.39 bits per heavy atom. The molecule has 0 aliphatic heterocycles. The van der Waals surface area contributed by atoms with E-state index in [1.54, 1.807) is 0 Å². The van der Waals surface area contributed by atoms with Crippen molar-refractivity contribution in [2.24, 2.45) is 0 Å². The number of carboxylic acid groups (broad SMARTS) is 2. The van der Waals surface area contributed by atoms with Crippen LogP contribution in [0.1, 0.15) is 5.56 Å². The fourth-order valence-electron chi connectivity index (χ4n) is 1.39. The van der Waals surface area contributed by atoms with Crippen molar-refractivity contribution in [3.05, 3.63) is 28.8 Å². The number of benzene rings is 1. The van der Waals surface area contributed by atoms with E-state index >= 15 is 0 Å². The van der Waals surface area contributed by atoms with Crippen LogP contribution >= 0.6 is 11.6 Å². The number of hydrogen-bond donors (Lipinski definition) is 2. The van der Waals surface area contributed by atoms with E-state index in [2.05, 4.69) is 0 Å². The fourth-order valence-corrected chi connectivity index (χ4v) is 1.59. The second kappa shape index (κ2) is 5.22. The van der Waals surface area contributed by atoms with Gasteiger partial charge in [-0.05, 0) is 23.8 Å². The molecular formula is C11H10ClFO5. The van der Waals surface area contributed by atoms with Gasteiger partial charge in [-0.1, -0.05) is 11.6 Å². The maximum atomic E-state index is 13.9. The predicted molar refractivity (Wildman–Crippen MR) is 60.8 cm³/mol. The van der Waals surface area contributed by atoms with Gasteiger partial charge in [0.1, 0.15) is 5.75 Å². The second-order valence-corrected chi connectivity index (χ2v) is 3.98. The highest BCUT2D eigenvalue weighted by Gasteiger charge is 2.48. The molecule has 0 aromatic heterocycles. The molecule has 0 unspecified atom stereocenters. The molecule has 2 N–H and O–H groups in total. The summed E-state index contributed by atoms with van der Waals surface area (Å²) in [6.07, 6.45) is -0.874. The minimum Gasteiger partial charge on any atom is -0.496 e. The molecule has 1 rings (SSSR count). The Labute approximate surface area is 107 Å². The van der Waals surface area contributed by atoms with Gasteiger partial charge in [-0.25, -0.2) is 14.0 Å². The van der Waals surface area contributed by atoms with E-state index in [1.807, 2.05) is 0 Å². The zero-order chi connectivity index (χ0) is 13.9. The molecule has 0 aliphatic rings. The first-order valence-corrected chi connectivity index (χ1v) is 5.17. The maximum absolute atomic E-state index is 13.9. The summed E-state index contributed by atoms with van der Waals surface area (Å²) in [5, 5.41) is 17.6. The highest BCUT2D eigenvalue weighted by atomic mass is 35.5. The Hall–Kier alpha value is -1.82. The van der Waals surface area contributed by atoms with Crippen LogP contribution in [0.15, 0.2) is 18.2 Å². The molecule has 1 aromatic carbocycles. The number of methoxy groups -OCH3 is 1. The standard InChI is InChI=1S/C11H10ClFO5/c1-18-8-3-2-7(12)4-6(8)5-11(13,9(14)15)10(16)17/h2-4H,5H2,1H3,(H,14,15)(H,16,17). The molecule has 0 saturated carbocycles. The Bertz CT molecular complexity index is 474. The number of ether oxygens (including phenoxy) is 1. The normalized spacial score (nSPS) is 11.1. The van der Waals surface area contributed by atoms with Gasteiger partial charge < -0.3 is 14.9 Å². The van der Waals surface area contributed by atoms with Gasteiger partial charge >= 0.3 is 17.6 Å². The van der Waals surface area contributed by atoms with Gasteiger partial charge in [0, 0.05) is 11.4 Å². The minimum absolute atomic E-state index is 0.0669. The number of alkyl halides is 1. The highest BCUT2D eigenvalue weighted by molar-refractivity contribution is 6.30. The van der Waals surface area contributed by atoms with Gasteiger partial charge in [-0.3, -0.25) is 0 Å². The van der Waals surface area contributed by atoms with Crippen LogP contribution in [-0.2, 0) is 16.0 Å². The van der Waals surface area contributed by atoms with E-state index in [-0.39, 0.29) is 16.3 Å². The molecule has 98 valence electrons. The number of carboxylic acids is 2. The van der Waals surface area contributed by atoms with Crippen molar-refractivity contribution < 1.29 is 28.9 Å². The quantitative estimate of drug-likeness (QED) is 0.801. The predicted octanol–water partition coefficient (Wildman–Crippen LogP) is 1.77. The molecule has 0 fully saturated rings. The van der Waals surface area contributed by atoms with Crippen molar-refractivity contribution >= 4 is 23.5 Å². The van der Waals surface area contributed by atoms with E-state index in [4.69, 9.17) is 26.6 Å². The van der Waals surface area contributed by atoms with Crippen molar-refractivity contribution in [1.82, 2.24) is 0 Å². The third-order valence-corrected chi connectivity index (χ3v) is 2.59. The van der Waals surface area contributed by atoms with Gasteiger partial charge in [0.15, 0.2) is 0 Å². The summed E-state index contributed by atoms with van der Waals surface area (Å²) in [6, 6.07) is 4.13. The largest absolute Gasteiger partial charge is 0.496 e. The van der Waals surface area contributed by atoms with Crippen LogP contribution in [0.5, 0.6) is 5.75 Å². The number of carbonyl (C=O) groups is 2. The summed E-state index contributed by atoms with van der Waals surface area (Å²) >= 11 is 5.69. The number of rotatable bonds is 5. The SMILES string of the molecule is COc1ccc(Cl)cc1CC(F)(C(=O)O)C(=O)O. The molecule has 0 amide bonds. The van der Waals surface area contributed by atoms with Crippen LogP contribution in [0.4, 0.5) is 4.39 Å². The monoisotopic (exact) mass is 276 g/mol. The lowest BCUT2D eigenvalue weighted by atomic mass is 9.96. The number of hydrogen-bond acceptors (Lipinski definition) is 3. The third-order valence-electron chi connectivity index (χ3n) is 2.35. The van der Waals surface area contributed by atoms with Crippen LogP contribution in [0.2, 0.25) is 5.02 Å². The summed E-state index contributed by atoms with van der Waals surface area (Å²) in [6.45, 7) is 0. The van der Waals surface area contributed by atoms with Crippen LogP contribution in [0, 0.1) is 0 Å². The molecule has 0 saturated heterocycles. The molecule has 5 nitrogen and oxygen atoms in total. The van der Waals surface area contributed by atoms with Crippen molar-refractivity contribution in [3.8, 4) is 5.75 Å². The summed E-state index contributed by atoms with van der Waals surface area (Å²) in [7, 11) is 1.30. The molecule has 0 atom stereocenters. The van der Waals surface area contributed by atoms with Crippen molar-refractivity contribution in [2.45, 2.75) is 12.1 Å². The van der Waals surface area contributed by atoms with E-state index in [0.29, 0.717) is 0 Å². The number of aliphatic carboxylic acids is 2. The minimum atomic E-state index is -3.42. The van der Waals surface area contributed by atoms with E-state index in [1.165, 1.54) is 25.3 Å². The molecule has 0 aliphatic carbocycles. The zero-order valence-electron chi connectivity index (χ0n) is 9.31. The maximum Gasteiger partial charge on any atom is 0.353 e. The van der Waals surface area contributed by atoms with Gasteiger partial charge in [-0.15, -0.1) is 0 Å². The van der Waals surface area contributed by atoms with E-state index < -0.39 is 24.0 Å². The van der Waals surface area contributed by atoms with Crippen molar-refractivity contribution in [1.29, 1.82) is 0 Å². The zero-order valence-corrected chi connectivity index (χ0v) is 10.1. The van der Waals surface area contributed by atoms with Crippen LogP contribution < -0.4 is 4.74 Å². The molecule has 0 heterocycles. The van der Waals surface area contributed by atoms with E-state index in [9.17, 15) is 14.0 Å². The van der Waals surface area contributed by atoms with Gasteiger partial charge in [0.25, 0.3) is 0 Å². The third kappa shape index (κ3) is 2.70. The molecule has 7 heteroatoms. The Morgan fingerprint density at radius 2 is 1.94 bits per heavy atom. The average Bonchev–Trinajstić information content (AvgIpc) is 2.28. The van der Waals surface area contributed by atoms with Gasteiger partial charge in [0.05, 0.1) is 7.11 Å². The Balaban J connectivity index is 3.20. The lowest BCUT2D eigenvalue weighted by Gasteiger charge is -2.17. The van der Waals surface area contributed by atoms with Crippen LogP contribution in [0.25, 0.3) is 0 Å². The topological polar surface area (TPSA) is 83.8 Å². The lowest BCUT2D eigenvalue weighted by Crippen LogP contribution is -2.44. The fraction of sp³-hybridized carbons (Fsp3) is 0.273. The first kappa shape index (κ1) is 14.2. The summed E-state index contributed by atoms with van der Waals surface area (Å²) in [4.78, 5) is 21.4. The summed E-state index contributed by atoms with van der Waals surface area (Å²) in [5.41, 5.74) is -3.35. The smallest absolute Gasteiger partial charge is 0.353 e. The molecular weight excluding hydrogens is 267 g/mol. The highest BCUT2D eigenvalue weighted by Crippen LogP contribution is 2.28. The molecule has 0 radical (unpaired) electrons. The lowest BCUT2D eigenvalue weighted by molar-refractivity contribution is -0.166. The molecule has 18 heavy (non-hydrogen) atoms. The van der Waals surface area contributed by atoms with E-state index in [0.717, 1.165) is 0 Å². The van der Waals surface area contributed by atoms with Crippen LogP contribution in [0.3, 0.4) is 0 Å². The van der Waals surface area contributed by atoms with Crippen molar-refractivity contribution in [3.63, 3.8) is 0 Å². The molecule has 1 aromatic rings. The van der Waals surface area contributed by atoms with Crippen molar-refractivity contribution in [2.75, 3.05) is 7.11 Å². The average molecular weight is 277 g/mol. The first-order chi connectivity index (χ1) is 8.31. The van der Waals surface area contributed by atoms with Gasteiger partial charge in [0.2, 0.25) is 0 Å².